The third kappa shape index (κ3) is 4.07. The number of rotatable bonds is 5. The van der Waals surface area contributed by atoms with Crippen LogP contribution in [0.15, 0.2) is 36.4 Å². The first-order chi connectivity index (χ1) is 13.4. The fourth-order valence-corrected chi connectivity index (χ4v) is 3.55. The average molecular weight is 403 g/mol. The molecule has 0 saturated heterocycles. The van der Waals surface area contributed by atoms with Gasteiger partial charge in [-0.05, 0) is 48.7 Å². The van der Waals surface area contributed by atoms with E-state index in [2.05, 4.69) is 5.32 Å². The molecule has 2 aromatic carbocycles. The molecule has 1 unspecified atom stereocenters. The highest BCUT2D eigenvalue weighted by molar-refractivity contribution is 6.33. The van der Waals surface area contributed by atoms with Gasteiger partial charge in [0.1, 0.15) is 6.04 Å². The number of benzene rings is 2. The molecule has 0 bridgehead atoms. The van der Waals surface area contributed by atoms with Crippen molar-refractivity contribution in [2.24, 2.45) is 0 Å². The first-order valence-electron chi connectivity index (χ1n) is 9.02. The Morgan fingerprint density at radius 2 is 1.75 bits per heavy atom. The molecule has 1 atom stereocenters. The zero-order valence-electron chi connectivity index (χ0n) is 16.1. The van der Waals surface area contributed by atoms with Crippen molar-refractivity contribution in [2.45, 2.75) is 25.9 Å². The average Bonchev–Trinajstić information content (AvgIpc) is 2.71. The SMILES string of the molecule is COc1cc2c(cc1OC)CN(C(=O)C(C)NC(=O)c1ccccc1Cl)CC2. The van der Waals surface area contributed by atoms with E-state index in [-0.39, 0.29) is 11.8 Å². The van der Waals surface area contributed by atoms with Crippen molar-refractivity contribution in [3.05, 3.63) is 58.1 Å². The molecule has 0 radical (unpaired) electrons. The van der Waals surface area contributed by atoms with Crippen molar-refractivity contribution in [3.63, 3.8) is 0 Å². The highest BCUT2D eigenvalue weighted by Gasteiger charge is 2.27. The van der Waals surface area contributed by atoms with Crippen LogP contribution in [0, 0.1) is 0 Å². The molecule has 0 spiro atoms. The molecule has 1 aliphatic rings. The molecule has 0 fully saturated rings. The zero-order valence-corrected chi connectivity index (χ0v) is 16.9. The third-order valence-corrected chi connectivity index (χ3v) is 5.20. The van der Waals surface area contributed by atoms with E-state index in [0.29, 0.717) is 41.6 Å². The third-order valence-electron chi connectivity index (χ3n) is 4.87. The van der Waals surface area contributed by atoms with Gasteiger partial charge in [-0.1, -0.05) is 23.7 Å². The lowest BCUT2D eigenvalue weighted by Crippen LogP contribution is -2.48. The van der Waals surface area contributed by atoms with Crippen molar-refractivity contribution in [2.75, 3.05) is 20.8 Å². The van der Waals surface area contributed by atoms with Gasteiger partial charge in [0, 0.05) is 13.1 Å². The number of nitrogens with zero attached hydrogens (tertiary/aromatic N) is 1. The van der Waals surface area contributed by atoms with E-state index in [9.17, 15) is 9.59 Å². The molecule has 0 saturated carbocycles. The van der Waals surface area contributed by atoms with Gasteiger partial charge in [-0.2, -0.15) is 0 Å². The summed E-state index contributed by atoms with van der Waals surface area (Å²) in [5, 5.41) is 3.09. The molecule has 1 N–H and O–H groups in total. The van der Waals surface area contributed by atoms with Crippen LogP contribution in [0.25, 0.3) is 0 Å². The minimum Gasteiger partial charge on any atom is -0.493 e. The molecule has 2 aromatic rings. The summed E-state index contributed by atoms with van der Waals surface area (Å²) < 4.78 is 10.7. The lowest BCUT2D eigenvalue weighted by molar-refractivity contribution is -0.133. The molecule has 3 rings (SSSR count). The Hall–Kier alpha value is -2.73. The van der Waals surface area contributed by atoms with Crippen molar-refractivity contribution in [1.29, 1.82) is 0 Å². The Morgan fingerprint density at radius 3 is 2.39 bits per heavy atom. The van der Waals surface area contributed by atoms with Crippen LogP contribution in [0.1, 0.15) is 28.4 Å². The van der Waals surface area contributed by atoms with E-state index in [1.165, 1.54) is 0 Å². The summed E-state index contributed by atoms with van der Waals surface area (Å²) in [6.07, 6.45) is 0.715. The molecule has 6 nitrogen and oxygen atoms in total. The monoisotopic (exact) mass is 402 g/mol. The van der Waals surface area contributed by atoms with Crippen LogP contribution < -0.4 is 14.8 Å². The molecule has 148 valence electrons. The number of ether oxygens (including phenoxy) is 2. The number of nitrogens with one attached hydrogen (secondary N) is 1. The first-order valence-corrected chi connectivity index (χ1v) is 9.40. The molecule has 7 heteroatoms. The Bertz CT molecular complexity index is 900. The highest BCUT2D eigenvalue weighted by atomic mass is 35.5. The predicted molar refractivity (Wildman–Crippen MR) is 107 cm³/mol. The zero-order chi connectivity index (χ0) is 20.3. The summed E-state index contributed by atoms with van der Waals surface area (Å²) in [5.41, 5.74) is 2.50. The maximum absolute atomic E-state index is 12.9. The second kappa shape index (κ2) is 8.52. The summed E-state index contributed by atoms with van der Waals surface area (Å²) in [6, 6.07) is 9.96. The maximum atomic E-state index is 12.9. The van der Waals surface area contributed by atoms with Gasteiger partial charge in [0.05, 0.1) is 24.8 Å². The van der Waals surface area contributed by atoms with E-state index in [1.54, 1.807) is 50.3 Å². The predicted octanol–water partition coefficient (Wildman–Crippen LogP) is 3.06. The van der Waals surface area contributed by atoms with E-state index < -0.39 is 6.04 Å². The van der Waals surface area contributed by atoms with Crippen LogP contribution in [-0.2, 0) is 17.8 Å². The molecular weight excluding hydrogens is 380 g/mol. The van der Waals surface area contributed by atoms with Gasteiger partial charge < -0.3 is 19.7 Å². The molecule has 0 aliphatic carbocycles. The summed E-state index contributed by atoms with van der Waals surface area (Å²) in [7, 11) is 3.19. The van der Waals surface area contributed by atoms with Gasteiger partial charge in [0.15, 0.2) is 11.5 Å². The molecule has 1 heterocycles. The number of halogens is 1. The standard InChI is InChI=1S/C21H23ClN2O4/c1-13(23-20(25)16-6-4-5-7-17(16)22)21(26)24-9-8-14-10-18(27-2)19(28-3)11-15(14)12-24/h4-7,10-11,13H,8-9,12H2,1-3H3,(H,23,25). The van der Waals surface area contributed by atoms with Gasteiger partial charge in [0.25, 0.3) is 5.91 Å². The topological polar surface area (TPSA) is 67.9 Å². The van der Waals surface area contributed by atoms with Crippen LogP contribution in [0.4, 0.5) is 0 Å². The smallest absolute Gasteiger partial charge is 0.253 e. The normalized spacial score (nSPS) is 14.1. The first kappa shape index (κ1) is 20.0. The molecule has 2 amide bonds. The van der Waals surface area contributed by atoms with Crippen LogP contribution in [0.5, 0.6) is 11.5 Å². The van der Waals surface area contributed by atoms with Crippen LogP contribution >= 0.6 is 11.6 Å². The highest BCUT2D eigenvalue weighted by Crippen LogP contribution is 2.33. The summed E-state index contributed by atoms with van der Waals surface area (Å²) in [4.78, 5) is 27.0. The van der Waals surface area contributed by atoms with Crippen molar-refractivity contribution in [3.8, 4) is 11.5 Å². The number of hydrogen-bond acceptors (Lipinski definition) is 4. The number of amides is 2. The van der Waals surface area contributed by atoms with Crippen LogP contribution in [-0.4, -0.2) is 43.5 Å². The Morgan fingerprint density at radius 1 is 1.11 bits per heavy atom. The van der Waals surface area contributed by atoms with Gasteiger partial charge >= 0.3 is 0 Å². The number of carbonyl (C=O) groups is 2. The van der Waals surface area contributed by atoms with Crippen LogP contribution in [0.3, 0.4) is 0 Å². The van der Waals surface area contributed by atoms with Crippen molar-refractivity contribution < 1.29 is 19.1 Å². The minimum atomic E-state index is -0.662. The van der Waals surface area contributed by atoms with Gasteiger partial charge in [-0.25, -0.2) is 0 Å². The number of fused-ring (bicyclic) bond motifs is 1. The van der Waals surface area contributed by atoms with Crippen molar-refractivity contribution in [1.82, 2.24) is 10.2 Å². The largest absolute Gasteiger partial charge is 0.493 e. The second-order valence-electron chi connectivity index (χ2n) is 6.66. The van der Waals surface area contributed by atoms with Gasteiger partial charge in [-0.3, -0.25) is 9.59 Å². The van der Waals surface area contributed by atoms with Crippen molar-refractivity contribution >= 4 is 23.4 Å². The lowest BCUT2D eigenvalue weighted by Gasteiger charge is -2.31. The van der Waals surface area contributed by atoms with E-state index in [4.69, 9.17) is 21.1 Å². The van der Waals surface area contributed by atoms with E-state index in [0.717, 1.165) is 11.1 Å². The summed E-state index contributed by atoms with van der Waals surface area (Å²) in [6.45, 7) is 2.72. The number of hydrogen-bond donors (Lipinski definition) is 1. The van der Waals surface area contributed by atoms with Crippen LogP contribution in [0.2, 0.25) is 5.02 Å². The minimum absolute atomic E-state index is 0.138. The number of carbonyl (C=O) groups excluding carboxylic acids is 2. The quantitative estimate of drug-likeness (QED) is 0.834. The molecule has 1 aliphatic heterocycles. The Labute approximate surface area is 169 Å². The lowest BCUT2D eigenvalue weighted by atomic mass is 9.98. The fraction of sp³-hybridized carbons (Fsp3) is 0.333. The van der Waals surface area contributed by atoms with Gasteiger partial charge in [-0.15, -0.1) is 0 Å². The summed E-state index contributed by atoms with van der Waals surface area (Å²) >= 11 is 6.06. The van der Waals surface area contributed by atoms with Gasteiger partial charge in [0.2, 0.25) is 5.91 Å². The second-order valence-corrected chi connectivity index (χ2v) is 7.07. The molecule has 0 aromatic heterocycles. The van der Waals surface area contributed by atoms with E-state index in [1.807, 2.05) is 12.1 Å². The number of methoxy groups -OCH3 is 2. The molecule has 28 heavy (non-hydrogen) atoms. The molecular formula is C21H23ClN2O4. The fourth-order valence-electron chi connectivity index (χ4n) is 3.33. The maximum Gasteiger partial charge on any atom is 0.253 e. The summed E-state index contributed by atoms with van der Waals surface area (Å²) in [5.74, 6) is 0.813. The Kier molecular flexibility index (Phi) is 6.09. The Balaban J connectivity index is 1.70. The van der Waals surface area contributed by atoms with E-state index >= 15 is 0 Å².